The van der Waals surface area contributed by atoms with E-state index in [0.29, 0.717) is 11.6 Å². The Balaban J connectivity index is 2.46. The van der Waals surface area contributed by atoms with Crippen molar-refractivity contribution in [2.45, 2.75) is 32.1 Å². The first-order valence-electron chi connectivity index (χ1n) is 6.72. The fourth-order valence-electron chi connectivity index (χ4n) is 2.44. The number of amides is 1. The molecule has 0 atom stereocenters. The first-order valence-corrected chi connectivity index (χ1v) is 6.72. The lowest BCUT2D eigenvalue weighted by Gasteiger charge is -2.24. The molecule has 0 saturated carbocycles. The third kappa shape index (κ3) is 3.12. The summed E-state index contributed by atoms with van der Waals surface area (Å²) in [6.07, 6.45) is 4.53. The zero-order valence-electron chi connectivity index (χ0n) is 11.2. The Morgan fingerprint density at radius 1 is 1.53 bits per heavy atom. The molecule has 1 fully saturated rings. The monoisotopic (exact) mass is 257 g/mol. The van der Waals surface area contributed by atoms with Gasteiger partial charge in [-0.15, -0.1) is 0 Å². The van der Waals surface area contributed by atoms with E-state index in [1.54, 1.807) is 6.20 Å². The lowest BCUT2D eigenvalue weighted by molar-refractivity contribution is 0.0995. The van der Waals surface area contributed by atoms with Crippen LogP contribution < -0.4 is 11.1 Å². The number of nitrogens with zero attached hydrogens (tertiary/aromatic N) is 1. The largest absolute Gasteiger partial charge is 0.364 e. The summed E-state index contributed by atoms with van der Waals surface area (Å²) in [6.45, 7) is 3.98. The van der Waals surface area contributed by atoms with Gasteiger partial charge in [0.05, 0.1) is 5.56 Å². The van der Waals surface area contributed by atoms with Gasteiger partial charge in [0, 0.05) is 12.6 Å². The van der Waals surface area contributed by atoms with Crippen LogP contribution in [0.1, 0.15) is 53.7 Å². The molecule has 1 aromatic rings. The lowest BCUT2D eigenvalue weighted by Crippen LogP contribution is -2.27. The van der Waals surface area contributed by atoms with Crippen molar-refractivity contribution in [2.24, 2.45) is 5.73 Å². The summed E-state index contributed by atoms with van der Waals surface area (Å²) in [5.74, 6) is 6.03. The van der Waals surface area contributed by atoms with E-state index in [1.165, 1.54) is 0 Å². The van der Waals surface area contributed by atoms with Gasteiger partial charge in [-0.3, -0.25) is 4.79 Å². The highest BCUT2D eigenvalue weighted by molar-refractivity contribution is 5.93. The summed E-state index contributed by atoms with van der Waals surface area (Å²) in [4.78, 5) is 15.6. The second-order valence-electron chi connectivity index (χ2n) is 4.67. The molecular formula is C15H19N3O. The molecule has 0 radical (unpaired) electrons. The molecule has 19 heavy (non-hydrogen) atoms. The number of carbonyl (C=O) groups is 1. The van der Waals surface area contributed by atoms with E-state index in [4.69, 9.17) is 5.73 Å². The van der Waals surface area contributed by atoms with E-state index in [9.17, 15) is 4.79 Å². The van der Waals surface area contributed by atoms with Gasteiger partial charge in [0.25, 0.3) is 5.91 Å². The number of primary amides is 1. The highest BCUT2D eigenvalue weighted by Crippen LogP contribution is 2.28. The number of hydrogen-bond acceptors (Lipinski definition) is 3. The Bertz CT molecular complexity index is 522. The highest BCUT2D eigenvalue weighted by Gasteiger charge is 2.21. The van der Waals surface area contributed by atoms with Crippen LogP contribution in [0.3, 0.4) is 0 Å². The van der Waals surface area contributed by atoms with Crippen LogP contribution in [0.15, 0.2) is 12.3 Å². The molecule has 4 nitrogen and oxygen atoms in total. The van der Waals surface area contributed by atoms with Gasteiger partial charge in [0.2, 0.25) is 0 Å². The summed E-state index contributed by atoms with van der Waals surface area (Å²) in [7, 11) is 0. The summed E-state index contributed by atoms with van der Waals surface area (Å²) >= 11 is 0. The SMILES string of the molecule is CCC#Cc1c(C2CCNCC2)ccnc1C(N)=O. The molecule has 3 N–H and O–H groups in total. The van der Waals surface area contributed by atoms with Gasteiger partial charge >= 0.3 is 0 Å². The van der Waals surface area contributed by atoms with Gasteiger partial charge in [-0.1, -0.05) is 18.8 Å². The Hall–Kier alpha value is -1.86. The number of nitrogens with two attached hydrogens (primary N) is 1. The summed E-state index contributed by atoms with van der Waals surface area (Å²) < 4.78 is 0. The topological polar surface area (TPSA) is 68.0 Å². The Morgan fingerprint density at radius 3 is 2.89 bits per heavy atom. The standard InChI is InChI=1S/C15H19N3O/c1-2-3-4-13-12(11-5-8-17-9-6-11)7-10-18-14(13)15(16)19/h7,10-11,17H,2,5-6,8-9H2,1H3,(H2,16,19). The van der Waals surface area contributed by atoms with Gasteiger partial charge in [-0.2, -0.15) is 0 Å². The smallest absolute Gasteiger partial charge is 0.268 e. The molecule has 1 amide bonds. The number of nitrogens with one attached hydrogen (secondary N) is 1. The molecule has 0 aliphatic carbocycles. The zero-order valence-corrected chi connectivity index (χ0v) is 11.2. The fraction of sp³-hybridized carbons (Fsp3) is 0.467. The fourth-order valence-corrected chi connectivity index (χ4v) is 2.44. The second kappa shape index (κ2) is 6.35. The van der Waals surface area contributed by atoms with E-state index in [2.05, 4.69) is 22.1 Å². The minimum absolute atomic E-state index is 0.303. The molecule has 2 heterocycles. The van der Waals surface area contributed by atoms with Crippen LogP contribution in [-0.4, -0.2) is 24.0 Å². The predicted octanol–water partition coefficient (Wildman–Crippen LogP) is 1.41. The molecule has 1 aromatic heterocycles. The van der Waals surface area contributed by atoms with Crippen LogP contribution in [0, 0.1) is 11.8 Å². The predicted molar refractivity (Wildman–Crippen MR) is 74.8 cm³/mol. The molecule has 100 valence electrons. The van der Waals surface area contributed by atoms with Crippen LogP contribution in [0.5, 0.6) is 0 Å². The lowest BCUT2D eigenvalue weighted by atomic mass is 9.87. The number of piperidine rings is 1. The normalized spacial score (nSPS) is 15.6. The van der Waals surface area contributed by atoms with Crippen LogP contribution in [0.4, 0.5) is 0 Å². The van der Waals surface area contributed by atoms with Crippen molar-refractivity contribution in [1.29, 1.82) is 0 Å². The molecule has 0 spiro atoms. The molecule has 2 rings (SSSR count). The second-order valence-corrected chi connectivity index (χ2v) is 4.67. The molecule has 0 bridgehead atoms. The van der Waals surface area contributed by atoms with Crippen LogP contribution in [0.25, 0.3) is 0 Å². The third-order valence-corrected chi connectivity index (χ3v) is 3.39. The maximum atomic E-state index is 11.5. The Labute approximate surface area is 113 Å². The minimum atomic E-state index is -0.504. The van der Waals surface area contributed by atoms with Crippen molar-refractivity contribution in [3.8, 4) is 11.8 Å². The van der Waals surface area contributed by atoms with E-state index >= 15 is 0 Å². The average molecular weight is 257 g/mol. The van der Waals surface area contributed by atoms with Gasteiger partial charge in [-0.05, 0) is 43.5 Å². The van der Waals surface area contributed by atoms with Crippen molar-refractivity contribution < 1.29 is 4.79 Å². The van der Waals surface area contributed by atoms with E-state index in [1.807, 2.05) is 13.0 Å². The number of aromatic nitrogens is 1. The first-order chi connectivity index (χ1) is 9.24. The van der Waals surface area contributed by atoms with Crippen molar-refractivity contribution in [3.63, 3.8) is 0 Å². The van der Waals surface area contributed by atoms with Crippen molar-refractivity contribution in [2.75, 3.05) is 13.1 Å². The molecule has 1 saturated heterocycles. The molecule has 0 unspecified atom stereocenters. The first kappa shape index (κ1) is 13.6. The van der Waals surface area contributed by atoms with Crippen molar-refractivity contribution in [3.05, 3.63) is 29.1 Å². The zero-order chi connectivity index (χ0) is 13.7. The van der Waals surface area contributed by atoms with Crippen LogP contribution in [-0.2, 0) is 0 Å². The maximum Gasteiger partial charge on any atom is 0.268 e. The van der Waals surface area contributed by atoms with Gasteiger partial charge < -0.3 is 11.1 Å². The number of hydrogen-bond donors (Lipinski definition) is 2. The van der Waals surface area contributed by atoms with Crippen LogP contribution >= 0.6 is 0 Å². The van der Waals surface area contributed by atoms with E-state index in [-0.39, 0.29) is 0 Å². The number of rotatable bonds is 2. The van der Waals surface area contributed by atoms with Crippen molar-refractivity contribution in [1.82, 2.24) is 10.3 Å². The van der Waals surface area contributed by atoms with E-state index < -0.39 is 5.91 Å². The van der Waals surface area contributed by atoms with Gasteiger partial charge in [0.1, 0.15) is 5.69 Å². The maximum absolute atomic E-state index is 11.5. The number of pyridine rings is 1. The molecule has 1 aliphatic rings. The highest BCUT2D eigenvalue weighted by atomic mass is 16.1. The summed E-state index contributed by atoms with van der Waals surface area (Å²) in [5, 5.41) is 3.34. The molecule has 4 heteroatoms. The quantitative estimate of drug-likeness (QED) is 0.787. The molecule has 1 aliphatic heterocycles. The number of carbonyl (C=O) groups excluding carboxylic acids is 1. The molecular weight excluding hydrogens is 238 g/mol. The van der Waals surface area contributed by atoms with E-state index in [0.717, 1.165) is 43.5 Å². The van der Waals surface area contributed by atoms with Crippen LogP contribution in [0.2, 0.25) is 0 Å². The Morgan fingerprint density at radius 2 is 2.26 bits per heavy atom. The average Bonchev–Trinajstić information content (AvgIpc) is 2.45. The molecule has 0 aromatic carbocycles. The summed E-state index contributed by atoms with van der Waals surface area (Å²) in [6, 6.07) is 1.97. The van der Waals surface area contributed by atoms with Gasteiger partial charge in [-0.25, -0.2) is 4.98 Å². The minimum Gasteiger partial charge on any atom is -0.364 e. The van der Waals surface area contributed by atoms with Crippen molar-refractivity contribution >= 4 is 5.91 Å². The summed E-state index contributed by atoms with van der Waals surface area (Å²) in [5.41, 5.74) is 7.55. The van der Waals surface area contributed by atoms with Gasteiger partial charge in [0.15, 0.2) is 0 Å². The Kier molecular flexibility index (Phi) is 4.53. The third-order valence-electron chi connectivity index (χ3n) is 3.39.